The molecule has 2 aromatic rings. The number of amides is 1. The molecule has 0 spiro atoms. The molecule has 4 N–H and O–H groups in total. The Bertz CT molecular complexity index is 2260. The fraction of sp³-hybridized carbons (Fsp3) is 0.419. The summed E-state index contributed by atoms with van der Waals surface area (Å²) in [4.78, 5) is 59.6. The van der Waals surface area contributed by atoms with Crippen molar-refractivity contribution in [1.82, 2.24) is 5.32 Å². The predicted octanol–water partition coefficient (Wildman–Crippen LogP) is 5.82. The van der Waals surface area contributed by atoms with Crippen molar-refractivity contribution in [2.75, 3.05) is 14.2 Å². The molecule has 314 valence electrons. The molecular weight excluding hydrogens is 832 g/mol. The van der Waals surface area contributed by atoms with E-state index in [1.54, 1.807) is 32.1 Å². The van der Waals surface area contributed by atoms with E-state index in [1.807, 2.05) is 19.9 Å². The van der Waals surface area contributed by atoms with Crippen LogP contribution in [0.4, 0.5) is 5.69 Å². The molecule has 7 rings (SSSR count). The number of hydrogen-bond acceptors (Lipinski definition) is 14. The van der Waals surface area contributed by atoms with Crippen LogP contribution >= 0.6 is 15.9 Å². The van der Waals surface area contributed by atoms with Crippen LogP contribution in [0.3, 0.4) is 0 Å². The third kappa shape index (κ3) is 7.93. The molecule has 59 heavy (non-hydrogen) atoms. The number of fused-ring (bicyclic) bond motifs is 9. The second-order valence-corrected chi connectivity index (χ2v) is 16.1. The normalized spacial score (nSPS) is 32.1. The first-order valence-corrected chi connectivity index (χ1v) is 19.7. The average molecular weight is 880 g/mol. The number of aliphatic hydroxyl groups is 1. The molecule has 1 amide bonds. The van der Waals surface area contributed by atoms with Crippen LogP contribution in [-0.4, -0.2) is 95.0 Å². The number of esters is 1. The van der Waals surface area contributed by atoms with Crippen molar-refractivity contribution in [3.8, 4) is 23.0 Å². The van der Waals surface area contributed by atoms with Gasteiger partial charge in [0.05, 0.1) is 54.2 Å². The van der Waals surface area contributed by atoms with E-state index < -0.39 is 71.4 Å². The minimum Gasteiger partial charge on any atom is -0.507 e. The number of phenolic OH excluding ortho intramolecular Hbond substituents is 2. The number of allylic oxidation sites excluding steroid dienone is 4. The van der Waals surface area contributed by atoms with Crippen LogP contribution in [0.5, 0.6) is 23.0 Å². The molecule has 5 aliphatic rings. The Morgan fingerprint density at radius 1 is 1.00 bits per heavy atom. The van der Waals surface area contributed by atoms with Gasteiger partial charge < -0.3 is 49.1 Å². The van der Waals surface area contributed by atoms with Crippen molar-refractivity contribution >= 4 is 50.8 Å². The second-order valence-electron chi connectivity index (χ2n) is 15.2. The predicted molar refractivity (Wildman–Crippen MR) is 217 cm³/mol. The van der Waals surface area contributed by atoms with Gasteiger partial charge in [0.15, 0.2) is 0 Å². The zero-order valence-electron chi connectivity index (χ0n) is 34.0. The van der Waals surface area contributed by atoms with E-state index in [0.717, 1.165) is 0 Å². The lowest BCUT2D eigenvalue weighted by atomic mass is 9.83. The molecule has 2 aromatic carbocycles. The maximum atomic E-state index is 14.6. The van der Waals surface area contributed by atoms with Crippen LogP contribution in [0.2, 0.25) is 0 Å². The van der Waals surface area contributed by atoms with E-state index in [-0.39, 0.29) is 74.0 Å². The number of rotatable bonds is 4. The molecule has 16 heteroatoms. The Morgan fingerprint density at radius 3 is 2.37 bits per heavy atom. The van der Waals surface area contributed by atoms with Crippen molar-refractivity contribution in [2.24, 2.45) is 22.7 Å². The van der Waals surface area contributed by atoms with Gasteiger partial charge in [0.2, 0.25) is 5.78 Å². The number of nitrogens with zero attached hydrogens (tertiary/aromatic N) is 1. The van der Waals surface area contributed by atoms with E-state index in [9.17, 15) is 34.5 Å². The van der Waals surface area contributed by atoms with E-state index >= 15 is 0 Å². The topological polar surface area (TPSA) is 209 Å². The molecule has 4 aliphatic heterocycles. The van der Waals surface area contributed by atoms with Gasteiger partial charge in [0.1, 0.15) is 40.9 Å². The highest BCUT2D eigenvalue weighted by Crippen LogP contribution is 2.49. The van der Waals surface area contributed by atoms with Crippen molar-refractivity contribution in [3.05, 3.63) is 86.8 Å². The number of Topliss-reactive ketones (excluding diaryl/α,β-unsaturated/α-hetero) is 2. The highest BCUT2D eigenvalue weighted by molar-refractivity contribution is 9.10. The fourth-order valence-electron chi connectivity index (χ4n) is 7.85. The highest BCUT2D eigenvalue weighted by Gasteiger charge is 2.52. The maximum Gasteiger partial charge on any atom is 0.312 e. The van der Waals surface area contributed by atoms with Gasteiger partial charge >= 0.3 is 11.8 Å². The Balaban J connectivity index is 1.54. The number of aliphatic imine (C=N–C) groups is 1. The van der Waals surface area contributed by atoms with Gasteiger partial charge in [-0.15, -0.1) is 0 Å². The van der Waals surface area contributed by atoms with Crippen LogP contribution < -0.4 is 14.8 Å². The molecule has 0 radical (unpaired) electrons. The van der Waals surface area contributed by atoms with Gasteiger partial charge in [0, 0.05) is 59.9 Å². The van der Waals surface area contributed by atoms with Gasteiger partial charge in [-0.25, -0.2) is 4.99 Å². The summed E-state index contributed by atoms with van der Waals surface area (Å²) in [7, 11) is 2.81. The van der Waals surface area contributed by atoms with Gasteiger partial charge in [-0.05, 0) is 38.1 Å². The smallest absolute Gasteiger partial charge is 0.312 e. The lowest BCUT2D eigenvalue weighted by molar-refractivity contribution is -0.168. The number of ether oxygens (including phenoxy) is 6. The Morgan fingerprint density at radius 2 is 1.71 bits per heavy atom. The number of benzene rings is 2. The number of carbonyl (C=O) groups excluding carboxylic acids is 4. The van der Waals surface area contributed by atoms with Crippen LogP contribution in [0.1, 0.15) is 73.4 Å². The Labute approximate surface area is 349 Å². The standard InChI is InChI=1S/C43H47BrN2O13/c1-18-11-10-12-19(2)42(53)46-26-17-25(45-33-27(48)15-24(44)16-29(33)55-9)30-31(36(26)51)34(49)21(4)38-32(30)41(52)43(7,59-38)56-14-13-28(54-8)20(3)39(57-23(6)47)40-35(50)22(5)37(18)58-40/h10-18,20,22,28,35,37,39-40,48-50H,1-9H3,(H,46,53)/b11-10+,14-13+,19-12-,45-25+/t18-,20+,22-,28-,35+,37-,39+,40+,43-/m0/s1. The number of nitrogens with one attached hydrogen (secondary N) is 1. The largest absolute Gasteiger partial charge is 0.507 e. The van der Waals surface area contributed by atoms with E-state index in [2.05, 4.69) is 26.2 Å². The number of methoxy groups -OCH3 is 2. The molecule has 4 heterocycles. The summed E-state index contributed by atoms with van der Waals surface area (Å²) in [5, 5.41) is 36.7. The van der Waals surface area contributed by atoms with Crippen LogP contribution in [0.15, 0.2) is 69.5 Å². The number of ketones is 2. The van der Waals surface area contributed by atoms with Crippen molar-refractivity contribution in [2.45, 2.75) is 84.8 Å². The summed E-state index contributed by atoms with van der Waals surface area (Å²) in [6.45, 7) is 11.1. The van der Waals surface area contributed by atoms with Gasteiger partial charge in [-0.1, -0.05) is 54.9 Å². The first-order valence-electron chi connectivity index (χ1n) is 18.9. The molecule has 0 aromatic heterocycles. The van der Waals surface area contributed by atoms with Gasteiger partial charge in [-0.3, -0.25) is 19.2 Å². The Kier molecular flexibility index (Phi) is 12.3. The lowest BCUT2D eigenvalue weighted by Gasteiger charge is -2.33. The first-order chi connectivity index (χ1) is 27.8. The number of carbonyl (C=O) groups is 4. The number of aliphatic hydroxyl groups excluding tert-OH is 1. The molecule has 1 saturated heterocycles. The summed E-state index contributed by atoms with van der Waals surface area (Å²) in [5.74, 6) is -7.00. The molecule has 0 saturated carbocycles. The SMILES string of the molecule is COc1cc(Br)cc(O)c1/N=C1\C=C2NC(=O)/C(C)=C\C=C\[C@H](C)[C@@H]3O[C@H]([C@H](O)[C@@H]3C)[C@H](OC(C)=O)[C@H](C)[C@@H](OC)/C=C/O[C@@]3(C)Oc4c(C)c(O)c(c1c4C3=O)C2=O. The van der Waals surface area contributed by atoms with E-state index in [0.29, 0.717) is 4.47 Å². The third-order valence-corrected chi connectivity index (χ3v) is 11.6. The third-order valence-electron chi connectivity index (χ3n) is 11.2. The summed E-state index contributed by atoms with van der Waals surface area (Å²) < 4.78 is 36.1. The van der Waals surface area contributed by atoms with Gasteiger partial charge in [-0.2, -0.15) is 0 Å². The summed E-state index contributed by atoms with van der Waals surface area (Å²) in [6.07, 6.45) is 4.70. The van der Waals surface area contributed by atoms with Crippen LogP contribution in [-0.2, 0) is 28.5 Å². The minimum absolute atomic E-state index is 0.0350. The summed E-state index contributed by atoms with van der Waals surface area (Å²) in [6, 6.07) is 2.92. The monoisotopic (exact) mass is 878 g/mol. The molecule has 15 nitrogen and oxygen atoms in total. The zero-order chi connectivity index (χ0) is 43.2. The second kappa shape index (κ2) is 16.8. The highest BCUT2D eigenvalue weighted by atomic mass is 79.9. The van der Waals surface area contributed by atoms with Crippen LogP contribution in [0.25, 0.3) is 0 Å². The molecule has 1 aliphatic carbocycles. The first kappa shape index (κ1) is 43.3. The number of aromatic hydroxyl groups is 2. The number of phenols is 2. The summed E-state index contributed by atoms with van der Waals surface area (Å²) >= 11 is 3.32. The fourth-order valence-corrected chi connectivity index (χ4v) is 8.27. The van der Waals surface area contributed by atoms with E-state index in [1.165, 1.54) is 59.5 Å². The summed E-state index contributed by atoms with van der Waals surface area (Å²) in [5.41, 5.74) is -0.834. The zero-order valence-corrected chi connectivity index (χ0v) is 35.6. The minimum atomic E-state index is -2.06. The van der Waals surface area contributed by atoms with Crippen molar-refractivity contribution < 1.29 is 62.9 Å². The Hall–Kier alpha value is -5.29. The number of halogens is 1. The quantitative estimate of drug-likeness (QED) is 0.268. The van der Waals surface area contributed by atoms with E-state index in [4.69, 9.17) is 28.4 Å². The molecule has 1 fully saturated rings. The molecule has 7 bridgehead atoms. The maximum absolute atomic E-state index is 14.6. The average Bonchev–Trinajstić information content (AvgIpc) is 3.63. The molecular formula is C43H47BrN2O13. The van der Waals surface area contributed by atoms with Crippen molar-refractivity contribution in [3.63, 3.8) is 0 Å². The van der Waals surface area contributed by atoms with Crippen LogP contribution in [0, 0.1) is 24.7 Å². The lowest BCUT2D eigenvalue weighted by Crippen LogP contribution is -2.46. The molecule has 9 atom stereocenters. The molecule has 0 unspecified atom stereocenters. The van der Waals surface area contributed by atoms with Gasteiger partial charge in [0.25, 0.3) is 11.7 Å². The number of hydrogen-bond donors (Lipinski definition) is 4. The van der Waals surface area contributed by atoms with Crippen molar-refractivity contribution in [1.29, 1.82) is 0 Å².